The lowest BCUT2D eigenvalue weighted by molar-refractivity contribution is -0.139. The molecule has 0 aliphatic rings. The molecule has 0 radical (unpaired) electrons. The summed E-state index contributed by atoms with van der Waals surface area (Å²) in [4.78, 5) is 21.7. The zero-order chi connectivity index (χ0) is 12.6. The van der Waals surface area contributed by atoms with E-state index in [9.17, 15) is 9.59 Å². The van der Waals surface area contributed by atoms with Crippen LogP contribution in [0.25, 0.3) is 0 Å². The average molecular weight is 229 g/mol. The fourth-order valence-corrected chi connectivity index (χ4v) is 0.830. The van der Waals surface area contributed by atoms with Crippen molar-refractivity contribution in [1.29, 1.82) is 0 Å². The molecule has 0 bridgehead atoms. The van der Waals surface area contributed by atoms with Crippen LogP contribution in [-0.2, 0) is 19.1 Å². The quantitative estimate of drug-likeness (QED) is 0.426. The number of ether oxygens (including phenoxy) is 2. The van der Waals surface area contributed by atoms with Crippen LogP contribution >= 0.6 is 0 Å². The molecule has 0 saturated heterocycles. The van der Waals surface area contributed by atoms with E-state index in [-0.39, 0.29) is 12.1 Å². The predicted octanol–water partition coefficient (Wildman–Crippen LogP) is 0.647. The molecule has 0 atom stereocenters. The van der Waals surface area contributed by atoms with Gasteiger partial charge in [-0.3, -0.25) is 0 Å². The minimum Gasteiger partial charge on any atom is -0.466 e. The Morgan fingerprint density at radius 2 is 1.75 bits per heavy atom. The first-order valence-corrected chi connectivity index (χ1v) is 5.03. The Balaban J connectivity index is 3.67. The van der Waals surface area contributed by atoms with Gasteiger partial charge in [0, 0.05) is 24.2 Å². The van der Waals surface area contributed by atoms with Crippen LogP contribution in [0.3, 0.4) is 0 Å². The maximum absolute atomic E-state index is 11.0. The molecule has 0 aliphatic carbocycles. The number of hydrogen-bond donors (Lipinski definition) is 1. The minimum absolute atomic E-state index is 0.00569. The van der Waals surface area contributed by atoms with Crippen molar-refractivity contribution < 1.29 is 19.1 Å². The van der Waals surface area contributed by atoms with E-state index in [4.69, 9.17) is 4.74 Å². The molecule has 0 saturated carbocycles. The molecule has 0 fully saturated rings. The lowest BCUT2D eigenvalue weighted by Gasteiger charge is -2.19. The van der Waals surface area contributed by atoms with Crippen molar-refractivity contribution in [3.05, 3.63) is 12.2 Å². The van der Waals surface area contributed by atoms with E-state index in [0.29, 0.717) is 6.54 Å². The van der Waals surface area contributed by atoms with Gasteiger partial charge in [-0.2, -0.15) is 0 Å². The molecule has 0 aromatic rings. The molecule has 0 amide bonds. The Hall–Kier alpha value is -1.36. The van der Waals surface area contributed by atoms with Crippen LogP contribution in [-0.4, -0.2) is 37.7 Å². The van der Waals surface area contributed by atoms with Crippen LogP contribution in [0.2, 0.25) is 0 Å². The maximum atomic E-state index is 11.0. The summed E-state index contributed by atoms with van der Waals surface area (Å²) in [6, 6.07) is 0. The molecule has 0 rings (SSSR count). The topological polar surface area (TPSA) is 64.6 Å². The van der Waals surface area contributed by atoms with E-state index in [0.717, 1.165) is 12.2 Å². The normalized spacial score (nSPS) is 11.5. The zero-order valence-corrected chi connectivity index (χ0v) is 10.2. The van der Waals surface area contributed by atoms with Gasteiger partial charge in [-0.15, -0.1) is 0 Å². The third-order valence-corrected chi connectivity index (χ3v) is 1.56. The molecule has 0 aromatic heterocycles. The van der Waals surface area contributed by atoms with Crippen LogP contribution in [0.15, 0.2) is 12.2 Å². The van der Waals surface area contributed by atoms with Crippen LogP contribution in [0.4, 0.5) is 0 Å². The summed E-state index contributed by atoms with van der Waals surface area (Å²) in [5, 5.41) is 3.16. The monoisotopic (exact) mass is 229 g/mol. The number of carbonyl (C=O) groups excluding carboxylic acids is 2. The molecular formula is C11H19NO4. The molecule has 1 N–H and O–H groups in total. The molecule has 0 aromatic carbocycles. The van der Waals surface area contributed by atoms with Gasteiger partial charge in [-0.1, -0.05) is 0 Å². The number of methoxy groups -OCH3 is 1. The van der Waals surface area contributed by atoms with E-state index in [1.54, 1.807) is 0 Å². The van der Waals surface area contributed by atoms with Crippen LogP contribution in [0.1, 0.15) is 20.8 Å². The number of nitrogens with one attached hydrogen (secondary N) is 1. The molecule has 0 aliphatic heterocycles. The van der Waals surface area contributed by atoms with Gasteiger partial charge in [0.2, 0.25) is 0 Å². The largest absolute Gasteiger partial charge is 0.466 e. The van der Waals surface area contributed by atoms with Crippen molar-refractivity contribution in [2.45, 2.75) is 26.3 Å². The van der Waals surface area contributed by atoms with Gasteiger partial charge in [0.25, 0.3) is 0 Å². The Morgan fingerprint density at radius 1 is 1.19 bits per heavy atom. The summed E-state index contributed by atoms with van der Waals surface area (Å²) in [6.45, 7) is 6.90. The smallest absolute Gasteiger partial charge is 0.331 e. The Labute approximate surface area is 95.8 Å². The second-order valence-corrected chi connectivity index (χ2v) is 4.20. The highest BCUT2D eigenvalue weighted by atomic mass is 16.5. The van der Waals surface area contributed by atoms with E-state index < -0.39 is 11.9 Å². The lowest BCUT2D eigenvalue weighted by atomic mass is 10.1. The SMILES string of the molecule is COC(=O)/C=C/C(=O)OCCNC(C)(C)C. The molecule has 5 heteroatoms. The average Bonchev–Trinajstić information content (AvgIpc) is 2.19. The molecule has 0 spiro atoms. The predicted molar refractivity (Wildman–Crippen MR) is 59.9 cm³/mol. The molecular weight excluding hydrogens is 210 g/mol. The molecule has 5 nitrogen and oxygen atoms in total. The summed E-state index contributed by atoms with van der Waals surface area (Å²) in [5.74, 6) is -1.13. The molecule has 0 heterocycles. The van der Waals surface area contributed by atoms with Gasteiger partial charge in [-0.25, -0.2) is 9.59 Å². The van der Waals surface area contributed by atoms with Crippen molar-refractivity contribution in [3.63, 3.8) is 0 Å². The van der Waals surface area contributed by atoms with Crippen LogP contribution in [0, 0.1) is 0 Å². The van der Waals surface area contributed by atoms with E-state index in [1.807, 2.05) is 20.8 Å². The summed E-state index contributed by atoms with van der Waals surface area (Å²) in [7, 11) is 1.24. The van der Waals surface area contributed by atoms with E-state index in [1.165, 1.54) is 7.11 Å². The number of carbonyl (C=O) groups is 2. The van der Waals surface area contributed by atoms with Gasteiger partial charge in [0.15, 0.2) is 0 Å². The van der Waals surface area contributed by atoms with Gasteiger partial charge < -0.3 is 14.8 Å². The van der Waals surface area contributed by atoms with Crippen molar-refractivity contribution in [2.75, 3.05) is 20.3 Å². The first kappa shape index (κ1) is 14.6. The molecule has 16 heavy (non-hydrogen) atoms. The van der Waals surface area contributed by atoms with Gasteiger partial charge in [0.1, 0.15) is 6.61 Å². The van der Waals surface area contributed by atoms with Crippen LogP contribution in [0.5, 0.6) is 0 Å². The third kappa shape index (κ3) is 9.21. The zero-order valence-electron chi connectivity index (χ0n) is 10.2. The molecule has 92 valence electrons. The van der Waals surface area contributed by atoms with E-state index >= 15 is 0 Å². The van der Waals surface area contributed by atoms with Crippen molar-refractivity contribution >= 4 is 11.9 Å². The van der Waals surface area contributed by atoms with Gasteiger partial charge in [0.05, 0.1) is 7.11 Å². The van der Waals surface area contributed by atoms with Crippen LogP contribution < -0.4 is 5.32 Å². The summed E-state index contributed by atoms with van der Waals surface area (Å²) in [5.41, 5.74) is -0.00569. The summed E-state index contributed by atoms with van der Waals surface area (Å²) < 4.78 is 9.16. The second kappa shape index (κ2) is 7.00. The lowest BCUT2D eigenvalue weighted by Crippen LogP contribution is -2.38. The third-order valence-electron chi connectivity index (χ3n) is 1.56. The fourth-order valence-electron chi connectivity index (χ4n) is 0.830. The highest BCUT2D eigenvalue weighted by molar-refractivity contribution is 5.91. The highest BCUT2D eigenvalue weighted by Gasteiger charge is 2.07. The number of esters is 2. The first-order valence-electron chi connectivity index (χ1n) is 5.03. The number of hydrogen-bond acceptors (Lipinski definition) is 5. The minimum atomic E-state index is -0.579. The second-order valence-electron chi connectivity index (χ2n) is 4.20. The maximum Gasteiger partial charge on any atom is 0.331 e. The Bertz CT molecular complexity index is 266. The summed E-state index contributed by atoms with van der Waals surface area (Å²) in [6.07, 6.45) is 2.07. The highest BCUT2D eigenvalue weighted by Crippen LogP contribution is 1.96. The van der Waals surface area contributed by atoms with Crippen molar-refractivity contribution in [3.8, 4) is 0 Å². The fraction of sp³-hybridized carbons (Fsp3) is 0.636. The van der Waals surface area contributed by atoms with E-state index in [2.05, 4.69) is 10.1 Å². The standard InChI is InChI=1S/C11H19NO4/c1-11(2,3)12-7-8-16-10(14)6-5-9(13)15-4/h5-6,12H,7-8H2,1-4H3/b6-5+. The van der Waals surface area contributed by atoms with Crippen molar-refractivity contribution in [2.24, 2.45) is 0 Å². The Kier molecular flexibility index (Phi) is 6.41. The first-order chi connectivity index (χ1) is 7.35. The van der Waals surface area contributed by atoms with Gasteiger partial charge in [-0.05, 0) is 20.8 Å². The Morgan fingerprint density at radius 3 is 2.25 bits per heavy atom. The summed E-state index contributed by atoms with van der Waals surface area (Å²) >= 11 is 0. The molecule has 0 unspecified atom stereocenters. The van der Waals surface area contributed by atoms with Crippen molar-refractivity contribution in [1.82, 2.24) is 5.32 Å². The van der Waals surface area contributed by atoms with Gasteiger partial charge >= 0.3 is 11.9 Å². The number of rotatable bonds is 5.